The molecule has 1 atom stereocenters. The number of urea groups is 1. The standard InChI is InChI=1S/C14H20N2O3S/c1-10(16-14(17)15-9-11-3-4-11)12-5-7-13(8-6-12)20(2,18)19/h5-8,10-11H,3-4,9H2,1-2H3,(H2,15,16,17)/t10-/m0/s1. The van der Waals surface area contributed by atoms with Crippen molar-refractivity contribution in [1.29, 1.82) is 0 Å². The molecule has 6 heteroatoms. The van der Waals surface area contributed by atoms with Gasteiger partial charge in [-0.15, -0.1) is 0 Å². The molecule has 0 aromatic heterocycles. The van der Waals surface area contributed by atoms with Crippen LogP contribution in [-0.2, 0) is 9.84 Å². The molecule has 1 aliphatic rings. The van der Waals surface area contributed by atoms with Crippen molar-refractivity contribution in [2.45, 2.75) is 30.7 Å². The first-order valence-corrected chi connectivity index (χ1v) is 8.60. The van der Waals surface area contributed by atoms with Crippen LogP contribution in [0, 0.1) is 5.92 Å². The van der Waals surface area contributed by atoms with Crippen molar-refractivity contribution >= 4 is 15.9 Å². The molecule has 0 heterocycles. The Hall–Kier alpha value is -1.56. The number of hydrogen-bond donors (Lipinski definition) is 2. The molecule has 1 saturated carbocycles. The smallest absolute Gasteiger partial charge is 0.315 e. The number of nitrogens with one attached hydrogen (secondary N) is 2. The van der Waals surface area contributed by atoms with Crippen molar-refractivity contribution in [2.75, 3.05) is 12.8 Å². The van der Waals surface area contributed by atoms with Gasteiger partial charge in [-0.1, -0.05) is 12.1 Å². The highest BCUT2D eigenvalue weighted by atomic mass is 32.2. The van der Waals surface area contributed by atoms with Gasteiger partial charge in [-0.25, -0.2) is 13.2 Å². The van der Waals surface area contributed by atoms with E-state index in [9.17, 15) is 13.2 Å². The molecule has 0 spiro atoms. The Morgan fingerprint density at radius 2 is 1.90 bits per heavy atom. The second kappa shape index (κ2) is 5.83. The van der Waals surface area contributed by atoms with Gasteiger partial charge in [-0.2, -0.15) is 0 Å². The third-order valence-corrected chi connectivity index (χ3v) is 4.53. The summed E-state index contributed by atoms with van der Waals surface area (Å²) in [5.74, 6) is 0.644. The molecule has 2 N–H and O–H groups in total. The highest BCUT2D eigenvalue weighted by Crippen LogP contribution is 2.27. The average Bonchev–Trinajstić information content (AvgIpc) is 3.19. The Morgan fingerprint density at radius 1 is 1.30 bits per heavy atom. The van der Waals surface area contributed by atoms with Crippen molar-refractivity contribution < 1.29 is 13.2 Å². The average molecular weight is 296 g/mol. The van der Waals surface area contributed by atoms with E-state index in [1.807, 2.05) is 6.92 Å². The molecule has 2 amide bonds. The maximum Gasteiger partial charge on any atom is 0.315 e. The van der Waals surface area contributed by atoms with Crippen LogP contribution in [0.2, 0.25) is 0 Å². The number of sulfone groups is 1. The summed E-state index contributed by atoms with van der Waals surface area (Å²) in [5.41, 5.74) is 0.874. The van der Waals surface area contributed by atoms with E-state index in [-0.39, 0.29) is 17.0 Å². The predicted octanol–water partition coefficient (Wildman–Crippen LogP) is 1.86. The monoisotopic (exact) mass is 296 g/mol. The van der Waals surface area contributed by atoms with Crippen molar-refractivity contribution in [3.05, 3.63) is 29.8 Å². The summed E-state index contributed by atoms with van der Waals surface area (Å²) >= 11 is 0. The Kier molecular flexibility index (Phi) is 4.32. The second-order valence-corrected chi connectivity index (χ2v) is 7.38. The minimum absolute atomic E-state index is 0.164. The van der Waals surface area contributed by atoms with Crippen LogP contribution >= 0.6 is 0 Å². The maximum absolute atomic E-state index is 11.7. The van der Waals surface area contributed by atoms with Gasteiger partial charge in [0.05, 0.1) is 10.9 Å². The number of hydrogen-bond acceptors (Lipinski definition) is 3. The van der Waals surface area contributed by atoms with E-state index in [1.165, 1.54) is 19.1 Å². The van der Waals surface area contributed by atoms with Crippen LogP contribution in [0.3, 0.4) is 0 Å². The first-order valence-electron chi connectivity index (χ1n) is 6.70. The van der Waals surface area contributed by atoms with Gasteiger partial charge in [-0.05, 0) is 43.4 Å². The van der Waals surface area contributed by atoms with E-state index in [2.05, 4.69) is 10.6 Å². The molecule has 0 aliphatic heterocycles. The lowest BCUT2D eigenvalue weighted by Crippen LogP contribution is -2.38. The molecule has 1 aromatic rings. The van der Waals surface area contributed by atoms with Crippen LogP contribution in [0.15, 0.2) is 29.2 Å². The summed E-state index contributed by atoms with van der Waals surface area (Å²) in [6, 6.07) is 6.22. The van der Waals surface area contributed by atoms with Gasteiger partial charge in [0.15, 0.2) is 9.84 Å². The van der Waals surface area contributed by atoms with Gasteiger partial charge in [0.1, 0.15) is 0 Å². The Balaban J connectivity index is 1.91. The zero-order valence-electron chi connectivity index (χ0n) is 11.7. The Labute approximate surface area is 119 Å². The van der Waals surface area contributed by atoms with E-state index in [4.69, 9.17) is 0 Å². The van der Waals surface area contributed by atoms with Crippen molar-refractivity contribution in [3.63, 3.8) is 0 Å². The zero-order valence-corrected chi connectivity index (χ0v) is 12.5. The topological polar surface area (TPSA) is 75.3 Å². The molecule has 0 unspecified atom stereocenters. The van der Waals surface area contributed by atoms with Crippen LogP contribution in [0.5, 0.6) is 0 Å². The van der Waals surface area contributed by atoms with Crippen molar-refractivity contribution in [3.8, 4) is 0 Å². The van der Waals surface area contributed by atoms with Gasteiger partial charge >= 0.3 is 6.03 Å². The van der Waals surface area contributed by atoms with Gasteiger partial charge in [-0.3, -0.25) is 0 Å². The lowest BCUT2D eigenvalue weighted by Gasteiger charge is -2.15. The largest absolute Gasteiger partial charge is 0.338 e. The summed E-state index contributed by atoms with van der Waals surface area (Å²) in [6.07, 6.45) is 3.57. The minimum Gasteiger partial charge on any atom is -0.338 e. The van der Waals surface area contributed by atoms with Crippen LogP contribution in [0.1, 0.15) is 31.4 Å². The molecule has 1 aromatic carbocycles. The molecule has 2 rings (SSSR count). The zero-order chi connectivity index (χ0) is 14.8. The van der Waals surface area contributed by atoms with Gasteiger partial charge in [0, 0.05) is 12.8 Å². The van der Waals surface area contributed by atoms with E-state index < -0.39 is 9.84 Å². The van der Waals surface area contributed by atoms with E-state index in [1.54, 1.807) is 24.3 Å². The first kappa shape index (κ1) is 14.8. The highest BCUT2D eigenvalue weighted by molar-refractivity contribution is 7.90. The molecule has 1 fully saturated rings. The van der Waals surface area contributed by atoms with E-state index >= 15 is 0 Å². The third-order valence-electron chi connectivity index (χ3n) is 3.40. The molecule has 0 saturated heterocycles. The molecule has 20 heavy (non-hydrogen) atoms. The SMILES string of the molecule is C[C@H](NC(=O)NCC1CC1)c1ccc(S(C)(=O)=O)cc1. The summed E-state index contributed by atoms with van der Waals surface area (Å²) in [4.78, 5) is 12.0. The lowest BCUT2D eigenvalue weighted by molar-refractivity contribution is 0.237. The van der Waals surface area contributed by atoms with Crippen molar-refractivity contribution in [1.82, 2.24) is 10.6 Å². The number of benzene rings is 1. The highest BCUT2D eigenvalue weighted by Gasteiger charge is 2.21. The van der Waals surface area contributed by atoms with Gasteiger partial charge in [0.2, 0.25) is 0 Å². The van der Waals surface area contributed by atoms with Gasteiger partial charge < -0.3 is 10.6 Å². The fourth-order valence-corrected chi connectivity index (χ4v) is 2.52. The first-order chi connectivity index (χ1) is 9.36. The summed E-state index contributed by atoms with van der Waals surface area (Å²) in [6.45, 7) is 2.59. The second-order valence-electron chi connectivity index (χ2n) is 5.36. The third kappa shape index (κ3) is 4.23. The van der Waals surface area contributed by atoms with Crippen LogP contribution in [0.4, 0.5) is 4.79 Å². The Bertz CT molecular complexity index is 577. The number of amides is 2. The Morgan fingerprint density at radius 3 is 2.40 bits per heavy atom. The van der Waals surface area contributed by atoms with Crippen LogP contribution in [-0.4, -0.2) is 27.2 Å². The summed E-state index contributed by atoms with van der Waals surface area (Å²) in [7, 11) is -3.18. The molecular weight excluding hydrogens is 276 g/mol. The molecule has 1 aliphatic carbocycles. The van der Waals surface area contributed by atoms with Crippen LogP contribution < -0.4 is 10.6 Å². The molecular formula is C14H20N2O3S. The van der Waals surface area contributed by atoms with Crippen LogP contribution in [0.25, 0.3) is 0 Å². The maximum atomic E-state index is 11.7. The molecule has 5 nitrogen and oxygen atoms in total. The molecule has 110 valence electrons. The molecule has 0 bridgehead atoms. The number of carbonyl (C=O) groups excluding carboxylic acids is 1. The van der Waals surface area contributed by atoms with E-state index in [0.29, 0.717) is 5.92 Å². The van der Waals surface area contributed by atoms with E-state index in [0.717, 1.165) is 12.1 Å². The van der Waals surface area contributed by atoms with Gasteiger partial charge in [0.25, 0.3) is 0 Å². The predicted molar refractivity (Wildman–Crippen MR) is 77.2 cm³/mol. The molecule has 0 radical (unpaired) electrons. The van der Waals surface area contributed by atoms with Crippen molar-refractivity contribution in [2.24, 2.45) is 5.92 Å². The quantitative estimate of drug-likeness (QED) is 0.871. The summed E-state index contributed by atoms with van der Waals surface area (Å²) in [5, 5.41) is 5.67. The fraction of sp³-hybridized carbons (Fsp3) is 0.500. The number of carbonyl (C=O) groups is 1. The lowest BCUT2D eigenvalue weighted by atomic mass is 10.1. The number of rotatable bonds is 5. The normalized spacial score (nSPS) is 16.5. The minimum atomic E-state index is -3.18. The fourth-order valence-electron chi connectivity index (χ4n) is 1.89. The summed E-state index contributed by atoms with van der Waals surface area (Å²) < 4.78 is 22.7.